The Morgan fingerprint density at radius 1 is 1.55 bits per heavy atom. The van der Waals surface area contributed by atoms with E-state index in [1.807, 2.05) is 11.8 Å². The van der Waals surface area contributed by atoms with Gasteiger partial charge in [0.2, 0.25) is 11.7 Å². The van der Waals surface area contributed by atoms with E-state index in [-0.39, 0.29) is 12.1 Å². The van der Waals surface area contributed by atoms with Crippen LogP contribution < -0.4 is 5.32 Å². The summed E-state index contributed by atoms with van der Waals surface area (Å²) in [6.07, 6.45) is 1.74. The van der Waals surface area contributed by atoms with Gasteiger partial charge in [0.05, 0.1) is 13.2 Å². The van der Waals surface area contributed by atoms with Gasteiger partial charge in [-0.3, -0.25) is 0 Å². The molecule has 0 bridgehead atoms. The zero-order valence-corrected chi connectivity index (χ0v) is 12.9. The first-order valence-corrected chi connectivity index (χ1v) is 8.23. The molecule has 0 amide bonds. The van der Waals surface area contributed by atoms with Crippen molar-refractivity contribution in [1.82, 2.24) is 15.5 Å². The number of nitrogens with one attached hydrogen (secondary N) is 1. The summed E-state index contributed by atoms with van der Waals surface area (Å²) in [6.45, 7) is 4.48. The van der Waals surface area contributed by atoms with E-state index < -0.39 is 0 Å². The maximum Gasteiger partial charge on any atom is 0.228 e. The maximum absolute atomic E-state index is 5.65. The SMILES string of the molecule is CCCNC(COC)Cc1nc(C2CSCCO2)no1. The number of thioether (sulfide) groups is 1. The molecule has 2 atom stereocenters. The molecule has 2 heterocycles. The van der Waals surface area contributed by atoms with Gasteiger partial charge >= 0.3 is 0 Å². The van der Waals surface area contributed by atoms with Crippen LogP contribution in [0.5, 0.6) is 0 Å². The van der Waals surface area contributed by atoms with Gasteiger partial charge in [-0.1, -0.05) is 12.1 Å². The standard InChI is InChI=1S/C13H23N3O3S/c1-3-4-14-10(8-17-2)7-12-15-13(16-19-12)11-9-20-6-5-18-11/h10-11,14H,3-9H2,1-2H3. The van der Waals surface area contributed by atoms with Crippen LogP contribution in [-0.2, 0) is 15.9 Å². The van der Waals surface area contributed by atoms with Crippen LogP contribution in [0.2, 0.25) is 0 Å². The van der Waals surface area contributed by atoms with Crippen LogP contribution >= 0.6 is 11.8 Å². The number of nitrogens with zero attached hydrogens (tertiary/aromatic N) is 2. The van der Waals surface area contributed by atoms with Gasteiger partial charge in [0.15, 0.2) is 0 Å². The van der Waals surface area contributed by atoms with E-state index in [2.05, 4.69) is 22.4 Å². The summed E-state index contributed by atoms with van der Waals surface area (Å²) in [5.74, 6) is 3.25. The zero-order chi connectivity index (χ0) is 14.2. The summed E-state index contributed by atoms with van der Waals surface area (Å²) in [5, 5.41) is 7.46. The summed E-state index contributed by atoms with van der Waals surface area (Å²) in [4.78, 5) is 4.45. The lowest BCUT2D eigenvalue weighted by Crippen LogP contribution is -2.35. The van der Waals surface area contributed by atoms with Crippen molar-refractivity contribution in [2.24, 2.45) is 0 Å². The van der Waals surface area contributed by atoms with Crippen LogP contribution in [0.4, 0.5) is 0 Å². The van der Waals surface area contributed by atoms with Gasteiger partial charge in [-0.05, 0) is 13.0 Å². The molecule has 1 saturated heterocycles. The molecule has 1 N–H and O–H groups in total. The smallest absolute Gasteiger partial charge is 0.228 e. The molecule has 2 unspecified atom stereocenters. The molecule has 7 heteroatoms. The lowest BCUT2D eigenvalue weighted by molar-refractivity contribution is 0.0677. The average Bonchev–Trinajstić information content (AvgIpc) is 2.94. The fourth-order valence-corrected chi connectivity index (χ4v) is 2.91. The van der Waals surface area contributed by atoms with E-state index in [0.29, 0.717) is 24.7 Å². The van der Waals surface area contributed by atoms with Crippen LogP contribution in [0.25, 0.3) is 0 Å². The van der Waals surface area contributed by atoms with Gasteiger partial charge in [0, 0.05) is 31.1 Å². The van der Waals surface area contributed by atoms with Crippen molar-refractivity contribution in [2.75, 3.05) is 38.4 Å². The molecule has 0 radical (unpaired) electrons. The number of hydrogen-bond acceptors (Lipinski definition) is 7. The molecule has 2 rings (SSSR count). The lowest BCUT2D eigenvalue weighted by atomic mass is 10.2. The van der Waals surface area contributed by atoms with Gasteiger partial charge < -0.3 is 19.3 Å². The summed E-state index contributed by atoms with van der Waals surface area (Å²) in [5.41, 5.74) is 0. The van der Waals surface area contributed by atoms with Gasteiger partial charge in [0.25, 0.3) is 0 Å². The molecule has 1 fully saturated rings. The van der Waals surface area contributed by atoms with E-state index >= 15 is 0 Å². The van der Waals surface area contributed by atoms with Crippen LogP contribution in [0.1, 0.15) is 31.2 Å². The van der Waals surface area contributed by atoms with E-state index in [0.717, 1.165) is 31.1 Å². The van der Waals surface area contributed by atoms with Crippen LogP contribution in [-0.4, -0.2) is 54.6 Å². The van der Waals surface area contributed by atoms with E-state index in [1.165, 1.54) is 0 Å². The Bertz CT molecular complexity index is 383. The Balaban J connectivity index is 1.89. The van der Waals surface area contributed by atoms with Crippen molar-refractivity contribution < 1.29 is 14.0 Å². The normalized spacial score (nSPS) is 21.0. The van der Waals surface area contributed by atoms with Crippen molar-refractivity contribution in [2.45, 2.75) is 31.9 Å². The molecule has 1 aliphatic rings. The average molecular weight is 301 g/mol. The highest BCUT2D eigenvalue weighted by Crippen LogP contribution is 2.24. The highest BCUT2D eigenvalue weighted by molar-refractivity contribution is 7.99. The fourth-order valence-electron chi connectivity index (χ4n) is 2.07. The van der Waals surface area contributed by atoms with Crippen LogP contribution in [0.3, 0.4) is 0 Å². The number of hydrogen-bond donors (Lipinski definition) is 1. The second-order valence-electron chi connectivity index (χ2n) is 4.79. The minimum Gasteiger partial charge on any atom is -0.383 e. The first-order valence-electron chi connectivity index (χ1n) is 7.07. The van der Waals surface area contributed by atoms with Crippen molar-refractivity contribution in [3.8, 4) is 0 Å². The molecule has 0 saturated carbocycles. The summed E-state index contributed by atoms with van der Waals surface area (Å²) in [6, 6.07) is 0.204. The fraction of sp³-hybridized carbons (Fsp3) is 0.846. The Labute approximate surface area is 124 Å². The van der Waals surface area contributed by atoms with Gasteiger partial charge in [0.1, 0.15) is 6.10 Å². The third-order valence-electron chi connectivity index (χ3n) is 3.06. The minimum absolute atomic E-state index is 0.0317. The highest BCUT2D eigenvalue weighted by Gasteiger charge is 2.23. The predicted octanol–water partition coefficient (Wildman–Crippen LogP) is 1.43. The third kappa shape index (κ3) is 4.73. The Kier molecular flexibility index (Phi) is 6.78. The minimum atomic E-state index is -0.0317. The number of rotatable bonds is 8. The lowest BCUT2D eigenvalue weighted by Gasteiger charge is -2.18. The molecular formula is C13H23N3O3S. The molecule has 20 heavy (non-hydrogen) atoms. The molecule has 0 spiro atoms. The van der Waals surface area contributed by atoms with Gasteiger partial charge in [-0.2, -0.15) is 16.7 Å². The van der Waals surface area contributed by atoms with Crippen molar-refractivity contribution in [3.05, 3.63) is 11.7 Å². The van der Waals surface area contributed by atoms with Crippen molar-refractivity contribution in [1.29, 1.82) is 0 Å². The Morgan fingerprint density at radius 3 is 3.15 bits per heavy atom. The molecular weight excluding hydrogens is 278 g/mol. The molecule has 0 aromatic carbocycles. The van der Waals surface area contributed by atoms with Gasteiger partial charge in [-0.15, -0.1) is 0 Å². The highest BCUT2D eigenvalue weighted by atomic mass is 32.2. The first-order chi connectivity index (χ1) is 9.83. The Morgan fingerprint density at radius 2 is 2.45 bits per heavy atom. The summed E-state index contributed by atoms with van der Waals surface area (Å²) < 4.78 is 16.2. The van der Waals surface area contributed by atoms with Crippen LogP contribution in [0, 0.1) is 0 Å². The first kappa shape index (κ1) is 15.8. The zero-order valence-electron chi connectivity index (χ0n) is 12.1. The van der Waals surface area contributed by atoms with Crippen LogP contribution in [0.15, 0.2) is 4.52 Å². The van der Waals surface area contributed by atoms with Gasteiger partial charge in [-0.25, -0.2) is 0 Å². The molecule has 114 valence electrons. The van der Waals surface area contributed by atoms with Crippen molar-refractivity contribution >= 4 is 11.8 Å². The van der Waals surface area contributed by atoms with E-state index in [4.69, 9.17) is 14.0 Å². The molecule has 6 nitrogen and oxygen atoms in total. The molecule has 1 aromatic heterocycles. The second-order valence-corrected chi connectivity index (χ2v) is 5.94. The number of ether oxygens (including phenoxy) is 2. The topological polar surface area (TPSA) is 69.4 Å². The monoisotopic (exact) mass is 301 g/mol. The third-order valence-corrected chi connectivity index (χ3v) is 4.05. The molecule has 1 aromatic rings. The molecule has 0 aliphatic carbocycles. The number of aromatic nitrogens is 2. The molecule has 1 aliphatic heterocycles. The quantitative estimate of drug-likeness (QED) is 0.779. The van der Waals surface area contributed by atoms with E-state index in [9.17, 15) is 0 Å². The Hall–Kier alpha value is -0.630. The summed E-state index contributed by atoms with van der Waals surface area (Å²) in [7, 11) is 1.70. The maximum atomic E-state index is 5.65. The van der Waals surface area contributed by atoms with Crippen molar-refractivity contribution in [3.63, 3.8) is 0 Å². The largest absolute Gasteiger partial charge is 0.383 e. The number of methoxy groups -OCH3 is 1. The van der Waals surface area contributed by atoms with E-state index in [1.54, 1.807) is 7.11 Å². The predicted molar refractivity (Wildman–Crippen MR) is 78.0 cm³/mol. The summed E-state index contributed by atoms with van der Waals surface area (Å²) >= 11 is 1.86. The second kappa shape index (κ2) is 8.61.